The van der Waals surface area contributed by atoms with Gasteiger partial charge in [-0.05, 0) is 17.7 Å². The van der Waals surface area contributed by atoms with Crippen LogP contribution in [0.15, 0.2) is 35.3 Å². The van der Waals surface area contributed by atoms with Crippen molar-refractivity contribution in [1.82, 2.24) is 14.5 Å². The van der Waals surface area contributed by atoms with Gasteiger partial charge in [-0.2, -0.15) is 0 Å². The van der Waals surface area contributed by atoms with E-state index in [0.29, 0.717) is 22.7 Å². The Morgan fingerprint density at radius 3 is 3.00 bits per heavy atom. The average molecular weight is 257 g/mol. The number of carboxylic acids is 1. The zero-order valence-corrected chi connectivity index (χ0v) is 10.2. The van der Waals surface area contributed by atoms with E-state index in [9.17, 15) is 4.79 Å². The van der Waals surface area contributed by atoms with Crippen LogP contribution >= 0.6 is 0 Å². The van der Waals surface area contributed by atoms with Gasteiger partial charge in [0.25, 0.3) is 0 Å². The van der Waals surface area contributed by atoms with Crippen molar-refractivity contribution < 1.29 is 14.3 Å². The number of aryl methyl sites for hydroxylation is 1. The summed E-state index contributed by atoms with van der Waals surface area (Å²) in [6.07, 6.45) is 4.70. The largest absolute Gasteiger partial charge is 0.481 e. The number of nitrogens with zero attached hydrogens (tertiary/aromatic N) is 3. The third-order valence-electron chi connectivity index (χ3n) is 2.93. The van der Waals surface area contributed by atoms with Crippen molar-refractivity contribution >= 4 is 17.0 Å². The molecule has 0 aliphatic heterocycles. The first-order valence-electron chi connectivity index (χ1n) is 5.71. The molecule has 19 heavy (non-hydrogen) atoms. The lowest BCUT2D eigenvalue weighted by Gasteiger charge is -2.01. The molecule has 0 bridgehead atoms. The quantitative estimate of drug-likeness (QED) is 0.774. The smallest absolute Gasteiger partial charge is 0.307 e. The van der Waals surface area contributed by atoms with Crippen LogP contribution in [-0.2, 0) is 18.3 Å². The first-order chi connectivity index (χ1) is 9.16. The molecule has 3 aromatic heterocycles. The van der Waals surface area contributed by atoms with E-state index in [4.69, 9.17) is 9.52 Å². The second-order valence-corrected chi connectivity index (χ2v) is 4.23. The highest BCUT2D eigenvalue weighted by Gasteiger charge is 2.17. The predicted molar refractivity (Wildman–Crippen MR) is 67.6 cm³/mol. The van der Waals surface area contributed by atoms with Crippen LogP contribution in [0.5, 0.6) is 0 Å². The van der Waals surface area contributed by atoms with Gasteiger partial charge in [-0.25, -0.2) is 9.97 Å². The molecule has 0 saturated heterocycles. The highest BCUT2D eigenvalue weighted by atomic mass is 16.4. The Kier molecular flexibility index (Phi) is 2.56. The molecule has 6 nitrogen and oxygen atoms in total. The summed E-state index contributed by atoms with van der Waals surface area (Å²) in [6.45, 7) is 0. The molecule has 0 aliphatic carbocycles. The van der Waals surface area contributed by atoms with Gasteiger partial charge in [0.1, 0.15) is 17.7 Å². The maximum absolute atomic E-state index is 10.9. The zero-order chi connectivity index (χ0) is 13.4. The molecule has 0 atom stereocenters. The van der Waals surface area contributed by atoms with Crippen molar-refractivity contribution in [3.63, 3.8) is 0 Å². The average Bonchev–Trinajstić information content (AvgIpc) is 2.98. The standard InChI is InChI=1S/C13H11N3O3/c1-16-6-8(5-10(17)18)11-12(9-3-2-4-19-9)14-7-15-13(11)16/h2-4,6-7H,5H2,1H3,(H,17,18). The molecule has 0 spiro atoms. The zero-order valence-electron chi connectivity index (χ0n) is 10.2. The summed E-state index contributed by atoms with van der Waals surface area (Å²) >= 11 is 0. The van der Waals surface area contributed by atoms with Crippen LogP contribution in [0.2, 0.25) is 0 Å². The van der Waals surface area contributed by atoms with E-state index >= 15 is 0 Å². The fourth-order valence-electron chi connectivity index (χ4n) is 2.20. The second-order valence-electron chi connectivity index (χ2n) is 4.23. The third-order valence-corrected chi connectivity index (χ3v) is 2.93. The van der Waals surface area contributed by atoms with Crippen LogP contribution in [-0.4, -0.2) is 25.6 Å². The minimum absolute atomic E-state index is 0.0710. The van der Waals surface area contributed by atoms with Crippen LogP contribution in [0.4, 0.5) is 0 Å². The number of furan rings is 1. The van der Waals surface area contributed by atoms with E-state index in [2.05, 4.69) is 9.97 Å². The Morgan fingerprint density at radius 1 is 1.47 bits per heavy atom. The maximum Gasteiger partial charge on any atom is 0.307 e. The Bertz CT molecular complexity index is 744. The Hall–Kier alpha value is -2.63. The number of hydrogen-bond acceptors (Lipinski definition) is 4. The molecule has 0 radical (unpaired) electrons. The molecule has 0 unspecified atom stereocenters. The van der Waals surface area contributed by atoms with E-state index in [1.165, 1.54) is 6.33 Å². The van der Waals surface area contributed by atoms with Gasteiger partial charge in [-0.15, -0.1) is 0 Å². The van der Waals surface area contributed by atoms with E-state index in [-0.39, 0.29) is 6.42 Å². The molecule has 3 aromatic rings. The van der Waals surface area contributed by atoms with E-state index in [1.807, 2.05) is 7.05 Å². The van der Waals surface area contributed by atoms with Gasteiger partial charge in [0, 0.05) is 13.2 Å². The van der Waals surface area contributed by atoms with Crippen LogP contribution in [0.25, 0.3) is 22.5 Å². The number of rotatable bonds is 3. The molecular formula is C13H11N3O3. The van der Waals surface area contributed by atoms with Gasteiger partial charge in [-0.3, -0.25) is 4.79 Å². The lowest BCUT2D eigenvalue weighted by Crippen LogP contribution is -1.99. The van der Waals surface area contributed by atoms with Gasteiger partial charge in [-0.1, -0.05) is 0 Å². The molecule has 96 valence electrons. The first kappa shape index (κ1) is 11.5. The maximum atomic E-state index is 10.9. The lowest BCUT2D eigenvalue weighted by molar-refractivity contribution is -0.136. The fourth-order valence-corrected chi connectivity index (χ4v) is 2.20. The number of fused-ring (bicyclic) bond motifs is 1. The number of carboxylic acid groups (broad SMARTS) is 1. The SMILES string of the molecule is Cn1cc(CC(=O)O)c2c(-c3ccco3)ncnc21. The van der Waals surface area contributed by atoms with Crippen molar-refractivity contribution in [2.24, 2.45) is 7.05 Å². The summed E-state index contributed by atoms with van der Waals surface area (Å²) < 4.78 is 7.14. The van der Waals surface area contributed by atoms with Gasteiger partial charge in [0.2, 0.25) is 0 Å². The lowest BCUT2D eigenvalue weighted by atomic mass is 10.1. The van der Waals surface area contributed by atoms with Crippen LogP contribution in [0.3, 0.4) is 0 Å². The van der Waals surface area contributed by atoms with Crippen molar-refractivity contribution in [2.45, 2.75) is 6.42 Å². The van der Waals surface area contributed by atoms with Crippen LogP contribution < -0.4 is 0 Å². The molecule has 0 amide bonds. The van der Waals surface area contributed by atoms with E-state index < -0.39 is 5.97 Å². The summed E-state index contributed by atoms with van der Waals surface area (Å²) in [5.41, 5.74) is 1.99. The molecule has 0 saturated carbocycles. The molecule has 1 N–H and O–H groups in total. The van der Waals surface area contributed by atoms with Gasteiger partial charge in [0.15, 0.2) is 5.76 Å². The summed E-state index contributed by atoms with van der Waals surface area (Å²) in [5.74, 6) is -0.285. The molecule has 0 aromatic carbocycles. The molecular weight excluding hydrogens is 246 g/mol. The molecule has 3 heterocycles. The van der Waals surface area contributed by atoms with Crippen LogP contribution in [0.1, 0.15) is 5.56 Å². The highest BCUT2D eigenvalue weighted by molar-refractivity contribution is 5.94. The molecule has 3 rings (SSSR count). The van der Waals surface area contributed by atoms with Crippen molar-refractivity contribution in [3.8, 4) is 11.5 Å². The monoisotopic (exact) mass is 257 g/mol. The van der Waals surface area contributed by atoms with Crippen molar-refractivity contribution in [3.05, 3.63) is 36.5 Å². The minimum atomic E-state index is -0.887. The van der Waals surface area contributed by atoms with Crippen LogP contribution in [0, 0.1) is 0 Å². The van der Waals surface area contributed by atoms with Gasteiger partial charge in [0.05, 0.1) is 18.1 Å². The Morgan fingerprint density at radius 2 is 2.32 bits per heavy atom. The van der Waals surface area contributed by atoms with Gasteiger partial charge < -0.3 is 14.1 Å². The normalized spacial score (nSPS) is 11.0. The fraction of sp³-hybridized carbons (Fsp3) is 0.154. The predicted octanol–water partition coefficient (Wildman–Crippen LogP) is 1.86. The molecule has 6 heteroatoms. The van der Waals surface area contributed by atoms with E-state index in [0.717, 1.165) is 5.39 Å². The first-order valence-corrected chi connectivity index (χ1v) is 5.71. The number of hydrogen-bond donors (Lipinski definition) is 1. The summed E-state index contributed by atoms with van der Waals surface area (Å²) in [4.78, 5) is 19.4. The summed E-state index contributed by atoms with van der Waals surface area (Å²) in [5, 5.41) is 9.71. The van der Waals surface area contributed by atoms with Gasteiger partial charge >= 0.3 is 5.97 Å². The topological polar surface area (TPSA) is 81.2 Å². The number of aliphatic carboxylic acids is 1. The summed E-state index contributed by atoms with van der Waals surface area (Å²) in [6, 6.07) is 3.56. The van der Waals surface area contributed by atoms with E-state index in [1.54, 1.807) is 29.2 Å². The number of aromatic nitrogens is 3. The second kappa shape index (κ2) is 4.24. The highest BCUT2D eigenvalue weighted by Crippen LogP contribution is 2.29. The minimum Gasteiger partial charge on any atom is -0.481 e. The molecule has 0 aliphatic rings. The van der Waals surface area contributed by atoms with Crippen molar-refractivity contribution in [1.29, 1.82) is 0 Å². The number of carbonyl (C=O) groups is 1. The summed E-state index contributed by atoms with van der Waals surface area (Å²) in [7, 11) is 1.83. The molecule has 0 fully saturated rings. The Labute approximate surface area is 108 Å². The third kappa shape index (κ3) is 1.87. The Balaban J connectivity index is 2.30. The van der Waals surface area contributed by atoms with Crippen molar-refractivity contribution in [2.75, 3.05) is 0 Å².